The molecule has 0 unspecified atom stereocenters. The number of nitrogens with one attached hydrogen (secondary N) is 2. The zero-order valence-electron chi connectivity index (χ0n) is 48.3. The summed E-state index contributed by atoms with van der Waals surface area (Å²) in [6.45, 7) is 12.9. The van der Waals surface area contributed by atoms with E-state index in [4.69, 9.17) is 18.8 Å². The number of allylic oxidation sites excluding steroid dienone is 8. The van der Waals surface area contributed by atoms with Crippen molar-refractivity contribution in [1.29, 1.82) is 0 Å². The van der Waals surface area contributed by atoms with Gasteiger partial charge in [0, 0.05) is 85.3 Å². The average molecular weight is 1220 g/mol. The van der Waals surface area contributed by atoms with Crippen LogP contribution in [0.4, 0.5) is 22.7 Å². The second kappa shape index (κ2) is 22.3. The monoisotopic (exact) mass is 1220 g/mol. The molecule has 2 radical (unpaired) electrons. The zero-order valence-corrected chi connectivity index (χ0v) is 47.6. The molecule has 0 saturated carbocycles. The smallest absolute Gasteiger partial charge is 0.213 e. The van der Waals surface area contributed by atoms with Crippen molar-refractivity contribution < 1.29 is 29.9 Å². The molecule has 80 heavy (non-hydrogen) atoms. The summed E-state index contributed by atoms with van der Waals surface area (Å²) in [5, 5.41) is 8.31. The summed E-state index contributed by atoms with van der Waals surface area (Å²) in [4.78, 5) is 14.6. The van der Waals surface area contributed by atoms with E-state index in [-0.39, 0.29) is 43.7 Å². The Balaban J connectivity index is 0.00000721. The Bertz CT molecular complexity index is 4140. The first-order valence-electron chi connectivity index (χ1n) is 28.1. The number of para-hydroxylation sites is 4. The van der Waals surface area contributed by atoms with E-state index >= 15 is 0 Å². The number of anilines is 4. The Morgan fingerprint density at radius 2 is 1.24 bits per heavy atom. The summed E-state index contributed by atoms with van der Waals surface area (Å²) in [7, 11) is 4.34. The number of imidazole rings is 1. The number of nitrogens with zero attached hydrogens (tertiary/aromatic N) is 6. The van der Waals surface area contributed by atoms with Crippen LogP contribution in [0.3, 0.4) is 0 Å². The Hall–Kier alpha value is -8.52. The van der Waals surface area contributed by atoms with Gasteiger partial charge in [-0.2, -0.15) is 23.9 Å². The van der Waals surface area contributed by atoms with Gasteiger partial charge in [-0.3, -0.25) is 4.98 Å². The molecule has 9 aromatic rings. The van der Waals surface area contributed by atoms with E-state index in [2.05, 4.69) is 168 Å². The predicted molar refractivity (Wildman–Crippen MR) is 330 cm³/mol. The van der Waals surface area contributed by atoms with E-state index in [1.54, 1.807) is 6.07 Å². The summed E-state index contributed by atoms with van der Waals surface area (Å²) in [6.07, 6.45) is 24.1. The van der Waals surface area contributed by atoms with Crippen molar-refractivity contribution in [3.63, 3.8) is 0 Å². The Morgan fingerprint density at radius 1 is 0.600 bits per heavy atom. The summed E-state index contributed by atoms with van der Waals surface area (Å²) in [6, 6.07) is 49.9. The third-order valence-electron chi connectivity index (χ3n) is 14.3. The fourth-order valence-electron chi connectivity index (χ4n) is 10.2. The molecular formula is C68H59B2N8OPt-3. The SMILES string of the molecule is [2H]C([2H])([2H])n1c(-n2c3[c-]c(Oc4[c-]c(N5[CH-]N(c6c(/C7=C/C=C\N/C=C\C=C/[B]7)cc(C(C)(C)C)cc6/C6=C/C=C\N/C=C\C=C/[B]6)c6ccccc65)cc(-c5ccccc5)n4)ccc3c3cc(C(C)(C)C)ccc32)nc2ccccc21.[Pt]. The van der Waals surface area contributed by atoms with E-state index in [1.807, 2.05) is 139 Å². The van der Waals surface area contributed by atoms with E-state index in [1.165, 1.54) is 10.1 Å². The van der Waals surface area contributed by atoms with Crippen LogP contribution in [0.2, 0.25) is 0 Å². The van der Waals surface area contributed by atoms with Crippen molar-refractivity contribution in [3.8, 4) is 28.8 Å². The Morgan fingerprint density at radius 3 is 1.91 bits per heavy atom. The molecule has 396 valence electrons. The van der Waals surface area contributed by atoms with Gasteiger partial charge in [-0.15, -0.1) is 36.1 Å². The maximum Gasteiger partial charge on any atom is 0.213 e. The Kier molecular flexibility index (Phi) is 13.9. The normalized spacial score (nSPS) is 18.9. The number of fused-ring (bicyclic) bond motifs is 5. The van der Waals surface area contributed by atoms with Crippen LogP contribution in [-0.2, 0) is 38.9 Å². The molecule has 6 aromatic carbocycles. The number of hydrogen-bond donors (Lipinski definition) is 2. The molecule has 12 rings (SSSR count). The Labute approximate surface area is 489 Å². The number of hydrogen-bond acceptors (Lipinski definition) is 7. The summed E-state index contributed by atoms with van der Waals surface area (Å²) in [5.41, 5.74) is 13.6. The standard InChI is InChI=1S/C68H59B2N8O.Pt/c1-67(2,3)47-29-32-59-52(39-47)51-31-30-50(44-63(51)78(59)66-74-57-25-11-12-26-60(57)75(66)7)79-64-43-49(42-58(73-64)46-21-9-8-10-22-46)76-45-77(62-28-14-13-27-61(62)76)65-53(55-23-19-37-71-35-17-15-33-69-55)40-48(68(4,5)6)41-54(65)56-24-20-38-72-36-18-16-34-70-56;/h8-42,45,71-72H,1-7H3;/q-3;/b33-15-,34-16-,35-17-,36-18-,37-19-,38-20-,55-23-,56-24-;/i7D3;. The van der Waals surface area contributed by atoms with E-state index in [0.29, 0.717) is 33.7 Å². The van der Waals surface area contributed by atoms with Crippen molar-refractivity contribution in [2.75, 3.05) is 9.80 Å². The minimum absolute atomic E-state index is 0. The summed E-state index contributed by atoms with van der Waals surface area (Å²) in [5.74, 6) is 4.97. The first kappa shape index (κ1) is 49.8. The van der Waals surface area contributed by atoms with Crippen LogP contribution in [0.1, 0.15) is 67.9 Å². The molecule has 9 nitrogen and oxygen atoms in total. The molecule has 0 spiro atoms. The molecule has 3 aromatic heterocycles. The summed E-state index contributed by atoms with van der Waals surface area (Å²) < 4.78 is 36.5. The van der Waals surface area contributed by atoms with Crippen LogP contribution in [0, 0.1) is 18.8 Å². The van der Waals surface area contributed by atoms with Crippen molar-refractivity contribution in [2.24, 2.45) is 6.98 Å². The van der Waals surface area contributed by atoms with Gasteiger partial charge in [-0.05, 0) is 116 Å². The fourth-order valence-corrected chi connectivity index (χ4v) is 10.2. The molecule has 0 bridgehead atoms. The number of aromatic nitrogens is 4. The molecule has 0 atom stereocenters. The number of ether oxygens (including phenoxy) is 1. The van der Waals surface area contributed by atoms with Gasteiger partial charge in [0.2, 0.25) is 5.95 Å². The maximum atomic E-state index is 8.79. The average Bonchev–Trinajstić information content (AvgIpc) is 2.27. The molecule has 12 heteroatoms. The van der Waals surface area contributed by atoms with E-state index < -0.39 is 6.98 Å². The second-order valence-corrected chi connectivity index (χ2v) is 21.7. The van der Waals surface area contributed by atoms with Gasteiger partial charge in [-0.25, -0.2) is 4.98 Å². The maximum absolute atomic E-state index is 8.79. The van der Waals surface area contributed by atoms with Crippen molar-refractivity contribution in [1.82, 2.24) is 29.7 Å². The van der Waals surface area contributed by atoms with Crippen molar-refractivity contribution in [2.45, 2.75) is 52.4 Å². The predicted octanol–water partition coefficient (Wildman–Crippen LogP) is 15.5. The van der Waals surface area contributed by atoms with Gasteiger partial charge in [0.05, 0.1) is 11.0 Å². The number of rotatable bonds is 8. The molecule has 3 aliphatic rings. The minimum Gasteiger partial charge on any atom is -0.503 e. The van der Waals surface area contributed by atoms with Crippen LogP contribution in [0.25, 0.3) is 61.0 Å². The number of pyridine rings is 1. The van der Waals surface area contributed by atoms with E-state index in [9.17, 15) is 0 Å². The third kappa shape index (κ3) is 10.6. The first-order chi connectivity index (χ1) is 39.6. The number of aryl methyl sites for hydroxylation is 1. The minimum atomic E-state index is -2.55. The van der Waals surface area contributed by atoms with Gasteiger partial charge in [-0.1, -0.05) is 149 Å². The van der Waals surface area contributed by atoms with Crippen LogP contribution in [-0.4, -0.2) is 33.7 Å². The topological polar surface area (TPSA) is 75.4 Å². The van der Waals surface area contributed by atoms with Crippen molar-refractivity contribution >= 4 is 81.1 Å². The zero-order chi connectivity index (χ0) is 56.8. The van der Waals surface area contributed by atoms with Gasteiger partial charge in [0.25, 0.3) is 0 Å². The first-order valence-corrected chi connectivity index (χ1v) is 26.6. The molecular weight excluding hydrogens is 1160 g/mol. The molecule has 0 amide bonds. The van der Waals surface area contributed by atoms with Gasteiger partial charge in [0.15, 0.2) is 14.6 Å². The largest absolute Gasteiger partial charge is 0.503 e. The molecule has 6 heterocycles. The van der Waals surface area contributed by atoms with Gasteiger partial charge >= 0.3 is 0 Å². The quantitative estimate of drug-likeness (QED) is 0.116. The molecule has 0 saturated heterocycles. The van der Waals surface area contributed by atoms with Gasteiger partial charge < -0.3 is 34.3 Å². The summed E-state index contributed by atoms with van der Waals surface area (Å²) >= 11 is 0. The van der Waals surface area contributed by atoms with Crippen LogP contribution in [0.15, 0.2) is 213 Å². The molecule has 2 N–H and O–H groups in total. The molecule has 3 aliphatic heterocycles. The second-order valence-electron chi connectivity index (χ2n) is 21.7. The van der Waals surface area contributed by atoms with E-state index in [0.717, 1.165) is 66.6 Å². The molecule has 0 aliphatic carbocycles. The van der Waals surface area contributed by atoms with Crippen LogP contribution in [0.5, 0.6) is 11.6 Å². The van der Waals surface area contributed by atoms with Crippen molar-refractivity contribution in [3.05, 3.63) is 254 Å². The van der Waals surface area contributed by atoms with Crippen LogP contribution >= 0.6 is 0 Å². The molecule has 0 fully saturated rings. The van der Waals surface area contributed by atoms with Gasteiger partial charge in [0.1, 0.15) is 5.88 Å². The fraction of sp³-hybridized carbons (Fsp3) is 0.132. The van der Waals surface area contributed by atoms with Crippen LogP contribution < -0.4 is 25.2 Å². The third-order valence-corrected chi connectivity index (χ3v) is 14.3. The number of benzene rings is 6.